The van der Waals surface area contributed by atoms with Gasteiger partial charge >= 0.3 is 5.97 Å². The van der Waals surface area contributed by atoms with E-state index >= 15 is 0 Å². The molecule has 0 bridgehead atoms. The lowest BCUT2D eigenvalue weighted by Crippen LogP contribution is -2.34. The van der Waals surface area contributed by atoms with Crippen molar-refractivity contribution in [3.8, 4) is 5.75 Å². The van der Waals surface area contributed by atoms with Crippen molar-refractivity contribution in [2.45, 2.75) is 0 Å². The molecule has 0 heterocycles. The Morgan fingerprint density at radius 2 is 1.54 bits per heavy atom. The largest absolute Gasteiger partial charge is 0.481 e. The van der Waals surface area contributed by atoms with Crippen molar-refractivity contribution in [1.29, 1.82) is 0 Å². The predicted octanol–water partition coefficient (Wildman–Crippen LogP) is 0.664. The molecule has 0 atom stereocenters. The van der Waals surface area contributed by atoms with Crippen molar-refractivity contribution in [3.63, 3.8) is 0 Å². The van der Waals surface area contributed by atoms with E-state index in [-0.39, 0.29) is 11.3 Å². The summed E-state index contributed by atoms with van der Waals surface area (Å²) < 4.78 is 9.89. The van der Waals surface area contributed by atoms with E-state index in [2.05, 4.69) is 5.32 Å². The van der Waals surface area contributed by atoms with E-state index in [9.17, 15) is 19.2 Å². The quantitative estimate of drug-likeness (QED) is 0.702. The third kappa shape index (κ3) is 5.45. The van der Waals surface area contributed by atoms with E-state index in [0.717, 1.165) is 0 Å². The highest BCUT2D eigenvalue weighted by molar-refractivity contribution is 6.05. The zero-order chi connectivity index (χ0) is 18.9. The Morgan fingerprint density at radius 1 is 0.885 bits per heavy atom. The van der Waals surface area contributed by atoms with Gasteiger partial charge in [0.05, 0.1) is 5.56 Å². The number of para-hydroxylation sites is 1. The van der Waals surface area contributed by atoms with Crippen molar-refractivity contribution in [3.05, 3.63) is 65.7 Å². The average Bonchev–Trinajstić information content (AvgIpc) is 2.65. The van der Waals surface area contributed by atoms with Gasteiger partial charge in [-0.2, -0.15) is 0 Å². The number of amides is 3. The molecule has 2 rings (SSSR count). The number of hydrogen-bond acceptors (Lipinski definition) is 6. The fourth-order valence-electron chi connectivity index (χ4n) is 1.94. The first kappa shape index (κ1) is 18.7. The maximum absolute atomic E-state index is 11.8. The molecule has 0 saturated carbocycles. The van der Waals surface area contributed by atoms with Gasteiger partial charge < -0.3 is 15.2 Å². The minimum absolute atomic E-state index is 0.117. The van der Waals surface area contributed by atoms with E-state index in [1.807, 2.05) is 0 Å². The summed E-state index contributed by atoms with van der Waals surface area (Å²) >= 11 is 0. The first-order valence-corrected chi connectivity index (χ1v) is 7.54. The molecular weight excluding hydrogens is 340 g/mol. The van der Waals surface area contributed by atoms with Crippen LogP contribution in [0.15, 0.2) is 54.6 Å². The van der Waals surface area contributed by atoms with E-state index < -0.39 is 36.9 Å². The molecular formula is C18H16N2O6. The highest BCUT2D eigenvalue weighted by atomic mass is 16.6. The molecule has 2 aromatic carbocycles. The lowest BCUT2D eigenvalue weighted by Gasteiger charge is -2.09. The van der Waals surface area contributed by atoms with Gasteiger partial charge in [0.2, 0.25) is 0 Å². The van der Waals surface area contributed by atoms with Crippen molar-refractivity contribution in [1.82, 2.24) is 5.32 Å². The first-order chi connectivity index (χ1) is 12.5. The van der Waals surface area contributed by atoms with Crippen molar-refractivity contribution >= 4 is 23.7 Å². The van der Waals surface area contributed by atoms with Crippen LogP contribution in [0.3, 0.4) is 0 Å². The van der Waals surface area contributed by atoms with E-state index in [1.54, 1.807) is 42.5 Å². The lowest BCUT2D eigenvalue weighted by molar-refractivity contribution is -0.150. The summed E-state index contributed by atoms with van der Waals surface area (Å²) in [6, 6.07) is 14.2. The number of hydrogen-bond donors (Lipinski definition) is 2. The summed E-state index contributed by atoms with van der Waals surface area (Å²) in [5.41, 5.74) is 5.62. The molecule has 0 aliphatic rings. The number of rotatable bonds is 7. The van der Waals surface area contributed by atoms with Gasteiger partial charge in [0, 0.05) is 5.56 Å². The minimum atomic E-state index is -0.841. The summed E-state index contributed by atoms with van der Waals surface area (Å²) in [6.45, 7) is -1.16. The minimum Gasteiger partial charge on any atom is -0.481 e. The fraction of sp³-hybridized carbons (Fsp3) is 0.111. The zero-order valence-corrected chi connectivity index (χ0v) is 13.6. The topological polar surface area (TPSA) is 125 Å². The number of esters is 1. The SMILES string of the molecule is NC(=O)c1ccccc1OCC(=O)OCC(=O)NC(=O)c1ccccc1. The van der Waals surface area contributed by atoms with Gasteiger partial charge in [-0.15, -0.1) is 0 Å². The highest BCUT2D eigenvalue weighted by Gasteiger charge is 2.14. The molecule has 3 N–H and O–H groups in total. The zero-order valence-electron chi connectivity index (χ0n) is 13.6. The molecule has 2 aromatic rings. The second-order valence-electron chi connectivity index (χ2n) is 5.05. The number of carbonyl (C=O) groups excluding carboxylic acids is 4. The van der Waals surface area contributed by atoms with Crippen LogP contribution in [-0.2, 0) is 14.3 Å². The molecule has 0 spiro atoms. The predicted molar refractivity (Wildman–Crippen MR) is 90.3 cm³/mol. The summed E-state index contributed by atoms with van der Waals surface area (Å²) in [5, 5.41) is 2.09. The monoisotopic (exact) mass is 356 g/mol. The van der Waals surface area contributed by atoms with Crippen molar-refractivity contribution in [2.24, 2.45) is 5.73 Å². The summed E-state index contributed by atoms with van der Waals surface area (Å²) in [6.07, 6.45) is 0. The standard InChI is InChI=1S/C18H16N2O6/c19-17(23)13-8-4-5-9-14(13)25-11-16(22)26-10-15(21)20-18(24)12-6-2-1-3-7-12/h1-9H,10-11H2,(H2,19,23)(H,20,21,24). The molecule has 8 nitrogen and oxygen atoms in total. The van der Waals surface area contributed by atoms with Crippen LogP contribution in [0.1, 0.15) is 20.7 Å². The Bertz CT molecular complexity index is 819. The van der Waals surface area contributed by atoms with Gasteiger partial charge in [-0.1, -0.05) is 30.3 Å². The van der Waals surface area contributed by atoms with Gasteiger partial charge in [0.1, 0.15) is 5.75 Å². The number of imide groups is 1. The van der Waals surface area contributed by atoms with E-state index in [4.69, 9.17) is 15.2 Å². The fourth-order valence-corrected chi connectivity index (χ4v) is 1.94. The third-order valence-electron chi connectivity index (χ3n) is 3.15. The summed E-state index contributed by atoms with van der Waals surface area (Å²) in [4.78, 5) is 46.3. The second kappa shape index (κ2) is 8.97. The molecule has 0 aromatic heterocycles. The lowest BCUT2D eigenvalue weighted by atomic mass is 10.2. The van der Waals surface area contributed by atoms with Crippen molar-refractivity contribution < 1.29 is 28.7 Å². The van der Waals surface area contributed by atoms with E-state index in [1.165, 1.54) is 12.1 Å². The molecule has 0 radical (unpaired) electrons. The van der Waals surface area contributed by atoms with E-state index in [0.29, 0.717) is 5.56 Å². The Labute approximate surface area is 148 Å². The Hall–Kier alpha value is -3.68. The molecule has 0 aliphatic carbocycles. The maximum atomic E-state index is 11.8. The summed E-state index contributed by atoms with van der Waals surface area (Å²) in [7, 11) is 0. The molecule has 0 aliphatic heterocycles. The van der Waals surface area contributed by atoms with Crippen LogP contribution in [-0.4, -0.2) is 36.9 Å². The number of benzene rings is 2. The molecule has 8 heteroatoms. The van der Waals surface area contributed by atoms with Gasteiger partial charge in [-0.05, 0) is 24.3 Å². The molecule has 0 saturated heterocycles. The number of nitrogens with two attached hydrogens (primary N) is 1. The normalized spacial score (nSPS) is 9.85. The molecule has 0 unspecified atom stereocenters. The van der Waals surface area contributed by atoms with Crippen molar-refractivity contribution in [2.75, 3.05) is 13.2 Å². The molecule has 26 heavy (non-hydrogen) atoms. The Balaban J connectivity index is 1.77. The smallest absolute Gasteiger partial charge is 0.344 e. The van der Waals surface area contributed by atoms with Crippen LogP contribution in [0.4, 0.5) is 0 Å². The van der Waals surface area contributed by atoms with Gasteiger partial charge in [0.25, 0.3) is 17.7 Å². The Kier molecular flexibility index (Phi) is 6.44. The van der Waals surface area contributed by atoms with Crippen LogP contribution in [0, 0.1) is 0 Å². The molecule has 3 amide bonds. The van der Waals surface area contributed by atoms with Crippen LogP contribution in [0.5, 0.6) is 5.75 Å². The third-order valence-corrected chi connectivity index (χ3v) is 3.15. The number of primary amides is 1. The molecule has 0 fully saturated rings. The van der Waals surface area contributed by atoms with Gasteiger partial charge in [-0.25, -0.2) is 4.79 Å². The highest BCUT2D eigenvalue weighted by Crippen LogP contribution is 2.16. The second-order valence-corrected chi connectivity index (χ2v) is 5.05. The summed E-state index contributed by atoms with van der Waals surface area (Å²) in [5.74, 6) is -2.79. The first-order valence-electron chi connectivity index (χ1n) is 7.54. The number of nitrogens with one attached hydrogen (secondary N) is 1. The average molecular weight is 356 g/mol. The van der Waals surface area contributed by atoms with Crippen LogP contribution < -0.4 is 15.8 Å². The van der Waals surface area contributed by atoms with Gasteiger partial charge in [0.15, 0.2) is 13.2 Å². The number of ether oxygens (including phenoxy) is 2. The van der Waals surface area contributed by atoms with Gasteiger partial charge in [-0.3, -0.25) is 19.7 Å². The van der Waals surface area contributed by atoms with Crippen LogP contribution in [0.25, 0.3) is 0 Å². The Morgan fingerprint density at radius 3 is 2.23 bits per heavy atom. The number of carbonyl (C=O) groups is 4. The molecule has 134 valence electrons. The van der Waals surface area contributed by atoms with Crippen LogP contribution in [0.2, 0.25) is 0 Å². The maximum Gasteiger partial charge on any atom is 0.344 e. The van der Waals surface area contributed by atoms with Crippen LogP contribution >= 0.6 is 0 Å².